The maximum absolute atomic E-state index is 11.3. The Balaban J connectivity index is 2.21. The Hall–Kier alpha value is -0.480. The Kier molecular flexibility index (Phi) is 7.44. The quantitative estimate of drug-likeness (QED) is 0.698. The standard InChI is InChI=1S/C14H19BrO2S/c1-3-17-14(16)8-11(2)9-18-10-12-4-6-13(15)7-5-12/h4-7,11H,3,8-10H2,1-2H3. The molecule has 2 nitrogen and oxygen atoms in total. The largest absolute Gasteiger partial charge is 0.466 e. The second-order valence-electron chi connectivity index (χ2n) is 4.26. The van der Waals surface area contributed by atoms with E-state index in [2.05, 4.69) is 47.1 Å². The molecule has 1 atom stereocenters. The minimum Gasteiger partial charge on any atom is -0.466 e. The number of ether oxygens (including phenoxy) is 1. The molecule has 1 aromatic carbocycles. The van der Waals surface area contributed by atoms with Crippen LogP contribution in [0.3, 0.4) is 0 Å². The van der Waals surface area contributed by atoms with Gasteiger partial charge in [-0.25, -0.2) is 0 Å². The van der Waals surface area contributed by atoms with Gasteiger partial charge in [-0.1, -0.05) is 35.0 Å². The highest BCUT2D eigenvalue weighted by molar-refractivity contribution is 9.10. The number of hydrogen-bond donors (Lipinski definition) is 0. The van der Waals surface area contributed by atoms with Crippen molar-refractivity contribution < 1.29 is 9.53 Å². The third-order valence-electron chi connectivity index (χ3n) is 2.40. The molecule has 18 heavy (non-hydrogen) atoms. The molecule has 0 fully saturated rings. The molecule has 1 rings (SSSR count). The van der Waals surface area contributed by atoms with E-state index in [1.165, 1.54) is 5.56 Å². The van der Waals surface area contributed by atoms with Crippen LogP contribution in [0.2, 0.25) is 0 Å². The molecule has 0 aliphatic rings. The van der Waals surface area contributed by atoms with Crippen molar-refractivity contribution in [1.29, 1.82) is 0 Å². The summed E-state index contributed by atoms with van der Waals surface area (Å²) >= 11 is 5.28. The van der Waals surface area contributed by atoms with Gasteiger partial charge in [0.1, 0.15) is 0 Å². The molecule has 0 radical (unpaired) electrons. The molecule has 0 aliphatic carbocycles. The van der Waals surface area contributed by atoms with Crippen LogP contribution < -0.4 is 0 Å². The Labute approximate surface area is 122 Å². The lowest BCUT2D eigenvalue weighted by Crippen LogP contribution is -2.10. The van der Waals surface area contributed by atoms with Crippen molar-refractivity contribution in [2.75, 3.05) is 12.4 Å². The summed E-state index contributed by atoms with van der Waals surface area (Å²) in [7, 11) is 0. The fourth-order valence-corrected chi connectivity index (χ4v) is 2.85. The first-order valence-corrected chi connectivity index (χ1v) is 8.04. The van der Waals surface area contributed by atoms with Crippen molar-refractivity contribution in [2.45, 2.75) is 26.0 Å². The van der Waals surface area contributed by atoms with Crippen LogP contribution in [0, 0.1) is 5.92 Å². The maximum atomic E-state index is 11.3. The van der Waals surface area contributed by atoms with Crippen molar-refractivity contribution in [2.24, 2.45) is 5.92 Å². The number of benzene rings is 1. The summed E-state index contributed by atoms with van der Waals surface area (Å²) in [6, 6.07) is 8.34. The SMILES string of the molecule is CCOC(=O)CC(C)CSCc1ccc(Br)cc1. The van der Waals surface area contributed by atoms with Gasteiger partial charge in [0.05, 0.1) is 6.61 Å². The number of thioether (sulfide) groups is 1. The number of carbonyl (C=O) groups excluding carboxylic acids is 1. The highest BCUT2D eigenvalue weighted by Gasteiger charge is 2.09. The highest BCUT2D eigenvalue weighted by atomic mass is 79.9. The molecule has 0 heterocycles. The van der Waals surface area contributed by atoms with Gasteiger partial charge in [-0.05, 0) is 36.3 Å². The van der Waals surface area contributed by atoms with Gasteiger partial charge in [-0.2, -0.15) is 11.8 Å². The Morgan fingerprint density at radius 1 is 1.39 bits per heavy atom. The molecule has 0 bridgehead atoms. The van der Waals surface area contributed by atoms with E-state index in [4.69, 9.17) is 4.74 Å². The second kappa shape index (κ2) is 8.59. The van der Waals surface area contributed by atoms with Crippen molar-refractivity contribution in [1.82, 2.24) is 0 Å². The average molecular weight is 331 g/mol. The average Bonchev–Trinajstić information content (AvgIpc) is 2.32. The fourth-order valence-electron chi connectivity index (χ4n) is 1.52. The third kappa shape index (κ3) is 6.45. The lowest BCUT2D eigenvalue weighted by Gasteiger charge is -2.10. The van der Waals surface area contributed by atoms with Crippen LogP contribution in [0.4, 0.5) is 0 Å². The van der Waals surface area contributed by atoms with E-state index < -0.39 is 0 Å². The van der Waals surface area contributed by atoms with Gasteiger partial charge in [0.2, 0.25) is 0 Å². The van der Waals surface area contributed by atoms with Gasteiger partial charge in [0.15, 0.2) is 0 Å². The van der Waals surface area contributed by atoms with Crippen LogP contribution >= 0.6 is 27.7 Å². The molecular formula is C14H19BrO2S. The highest BCUT2D eigenvalue weighted by Crippen LogP contribution is 2.19. The van der Waals surface area contributed by atoms with Crippen LogP contribution in [0.25, 0.3) is 0 Å². The molecule has 1 unspecified atom stereocenters. The number of halogens is 1. The smallest absolute Gasteiger partial charge is 0.306 e. The summed E-state index contributed by atoms with van der Waals surface area (Å²) in [4.78, 5) is 11.3. The minimum absolute atomic E-state index is 0.0887. The number of rotatable bonds is 7. The number of esters is 1. The lowest BCUT2D eigenvalue weighted by atomic mass is 10.1. The van der Waals surface area contributed by atoms with Crippen molar-refractivity contribution in [3.63, 3.8) is 0 Å². The van der Waals surface area contributed by atoms with Gasteiger partial charge in [0, 0.05) is 16.6 Å². The molecule has 0 N–H and O–H groups in total. The molecule has 0 aliphatic heterocycles. The zero-order valence-corrected chi connectivity index (χ0v) is 13.2. The summed E-state index contributed by atoms with van der Waals surface area (Å²) in [5.41, 5.74) is 1.31. The van der Waals surface area contributed by atoms with Crippen molar-refractivity contribution >= 4 is 33.7 Å². The Morgan fingerprint density at radius 3 is 2.67 bits per heavy atom. The number of hydrogen-bond acceptors (Lipinski definition) is 3. The molecule has 4 heteroatoms. The van der Waals surface area contributed by atoms with Crippen LogP contribution in [-0.2, 0) is 15.3 Å². The summed E-state index contributed by atoms with van der Waals surface area (Å²) in [5.74, 6) is 2.24. The topological polar surface area (TPSA) is 26.3 Å². The summed E-state index contributed by atoms with van der Waals surface area (Å²) in [6.45, 7) is 4.40. The molecule has 100 valence electrons. The predicted molar refractivity (Wildman–Crippen MR) is 80.7 cm³/mol. The second-order valence-corrected chi connectivity index (χ2v) is 6.20. The van der Waals surface area contributed by atoms with Crippen LogP contribution in [0.5, 0.6) is 0 Å². The van der Waals surface area contributed by atoms with E-state index in [-0.39, 0.29) is 5.97 Å². The first-order chi connectivity index (χ1) is 8.61. The molecule has 0 spiro atoms. The first kappa shape index (κ1) is 15.6. The predicted octanol–water partition coefficient (Wildman–Crippen LogP) is 4.27. The minimum atomic E-state index is -0.0887. The van der Waals surface area contributed by atoms with E-state index in [9.17, 15) is 4.79 Å². The summed E-state index contributed by atoms with van der Waals surface area (Å²) < 4.78 is 6.04. The Morgan fingerprint density at radius 2 is 2.06 bits per heavy atom. The van der Waals surface area contributed by atoms with Crippen molar-refractivity contribution in [3.8, 4) is 0 Å². The molecule has 0 saturated heterocycles. The molecular weight excluding hydrogens is 312 g/mol. The lowest BCUT2D eigenvalue weighted by molar-refractivity contribution is -0.143. The van der Waals surface area contributed by atoms with Gasteiger partial charge < -0.3 is 4.74 Å². The normalized spacial score (nSPS) is 12.2. The maximum Gasteiger partial charge on any atom is 0.306 e. The third-order valence-corrected chi connectivity index (χ3v) is 4.28. The first-order valence-electron chi connectivity index (χ1n) is 6.09. The van der Waals surface area contributed by atoms with E-state index in [0.717, 1.165) is 16.0 Å². The van der Waals surface area contributed by atoms with Crippen LogP contribution in [-0.4, -0.2) is 18.3 Å². The number of carbonyl (C=O) groups is 1. The zero-order valence-electron chi connectivity index (χ0n) is 10.8. The molecule has 0 saturated carbocycles. The summed E-state index contributed by atoms with van der Waals surface area (Å²) in [6.07, 6.45) is 0.515. The van der Waals surface area contributed by atoms with Crippen LogP contribution in [0.15, 0.2) is 28.7 Å². The molecule has 0 amide bonds. The van der Waals surface area contributed by atoms with Crippen LogP contribution in [0.1, 0.15) is 25.8 Å². The fraction of sp³-hybridized carbons (Fsp3) is 0.500. The van der Waals surface area contributed by atoms with Gasteiger partial charge >= 0.3 is 5.97 Å². The monoisotopic (exact) mass is 330 g/mol. The van der Waals surface area contributed by atoms with Gasteiger partial charge in [-0.3, -0.25) is 4.79 Å². The zero-order chi connectivity index (χ0) is 13.4. The molecule has 0 aromatic heterocycles. The van der Waals surface area contributed by atoms with E-state index in [0.29, 0.717) is 18.9 Å². The van der Waals surface area contributed by atoms with Gasteiger partial charge in [-0.15, -0.1) is 0 Å². The van der Waals surface area contributed by atoms with Crippen molar-refractivity contribution in [3.05, 3.63) is 34.3 Å². The Bertz CT molecular complexity index is 365. The van der Waals surface area contributed by atoms with E-state index >= 15 is 0 Å². The van der Waals surface area contributed by atoms with E-state index in [1.807, 2.05) is 18.7 Å². The molecule has 1 aromatic rings. The van der Waals surface area contributed by atoms with Gasteiger partial charge in [0.25, 0.3) is 0 Å². The summed E-state index contributed by atoms with van der Waals surface area (Å²) in [5, 5.41) is 0. The van der Waals surface area contributed by atoms with E-state index in [1.54, 1.807) is 0 Å².